The van der Waals surface area contributed by atoms with Gasteiger partial charge in [0.2, 0.25) is 0 Å². The highest BCUT2D eigenvalue weighted by molar-refractivity contribution is 6.32. The maximum Gasteiger partial charge on any atom is 0.276 e. The molecule has 3 rings (SSSR count). The number of carbonyl (C=O) groups excluding carboxylic acids is 1. The molecule has 2 aromatic heterocycles. The quantitative estimate of drug-likeness (QED) is 0.710. The maximum absolute atomic E-state index is 12.3. The van der Waals surface area contributed by atoms with Crippen LogP contribution in [0.15, 0.2) is 47.4 Å². The van der Waals surface area contributed by atoms with E-state index in [4.69, 9.17) is 11.6 Å². The number of H-pyrrole nitrogens is 1. The first kappa shape index (κ1) is 13.3. The van der Waals surface area contributed by atoms with Crippen molar-refractivity contribution >= 4 is 34.0 Å². The predicted molar refractivity (Wildman–Crippen MR) is 79.6 cm³/mol. The Hall–Kier alpha value is -2.73. The van der Waals surface area contributed by atoms with E-state index >= 15 is 0 Å². The van der Waals surface area contributed by atoms with Crippen LogP contribution in [0.25, 0.3) is 10.8 Å². The van der Waals surface area contributed by atoms with Crippen LogP contribution in [0.4, 0.5) is 5.69 Å². The Bertz CT molecular complexity index is 891. The third-order valence-electron chi connectivity index (χ3n) is 2.92. The fourth-order valence-corrected chi connectivity index (χ4v) is 2.12. The van der Waals surface area contributed by atoms with Gasteiger partial charge in [0.1, 0.15) is 0 Å². The highest BCUT2D eigenvalue weighted by Gasteiger charge is 2.15. The first-order valence-corrected chi connectivity index (χ1v) is 6.44. The van der Waals surface area contributed by atoms with E-state index < -0.39 is 5.91 Å². The number of anilines is 1. The molecule has 0 saturated carbocycles. The van der Waals surface area contributed by atoms with Crippen molar-refractivity contribution in [1.29, 1.82) is 0 Å². The molecule has 0 unspecified atom stereocenters. The van der Waals surface area contributed by atoms with Crippen LogP contribution in [0, 0.1) is 0 Å². The molecule has 0 fully saturated rings. The second-order valence-corrected chi connectivity index (χ2v) is 4.60. The molecule has 0 aliphatic carbocycles. The fourth-order valence-electron chi connectivity index (χ4n) is 1.95. The van der Waals surface area contributed by atoms with E-state index in [1.54, 1.807) is 36.4 Å². The SMILES string of the molecule is O=C(Nc1cccnc1Cl)c1n[nH]c(=O)c2ccccc12. The van der Waals surface area contributed by atoms with E-state index in [1.807, 2.05) is 0 Å². The zero-order valence-corrected chi connectivity index (χ0v) is 11.4. The Balaban J connectivity index is 2.05. The maximum atomic E-state index is 12.3. The van der Waals surface area contributed by atoms with Crippen molar-refractivity contribution in [1.82, 2.24) is 15.2 Å². The number of halogens is 1. The van der Waals surface area contributed by atoms with Gasteiger partial charge in [-0.1, -0.05) is 29.8 Å². The Morgan fingerprint density at radius 2 is 1.90 bits per heavy atom. The van der Waals surface area contributed by atoms with Crippen LogP contribution in [0.2, 0.25) is 5.15 Å². The smallest absolute Gasteiger partial charge is 0.276 e. The van der Waals surface area contributed by atoms with Crippen molar-refractivity contribution in [2.45, 2.75) is 0 Å². The summed E-state index contributed by atoms with van der Waals surface area (Å²) < 4.78 is 0. The standard InChI is InChI=1S/C14H9ClN4O2/c15-12-10(6-3-7-16-12)17-14(21)11-8-4-1-2-5-9(8)13(20)19-18-11/h1-7H,(H,17,21)(H,19,20). The van der Waals surface area contributed by atoms with Crippen molar-refractivity contribution < 1.29 is 4.79 Å². The molecular weight excluding hydrogens is 292 g/mol. The number of aromatic amines is 1. The zero-order chi connectivity index (χ0) is 14.8. The highest BCUT2D eigenvalue weighted by atomic mass is 35.5. The van der Waals surface area contributed by atoms with E-state index in [1.165, 1.54) is 6.20 Å². The lowest BCUT2D eigenvalue weighted by Crippen LogP contribution is -2.19. The van der Waals surface area contributed by atoms with Crippen LogP contribution in [0.1, 0.15) is 10.5 Å². The van der Waals surface area contributed by atoms with Crippen molar-refractivity contribution in [3.8, 4) is 0 Å². The lowest BCUT2D eigenvalue weighted by Gasteiger charge is -2.07. The molecule has 6 nitrogen and oxygen atoms in total. The molecule has 0 aliphatic rings. The van der Waals surface area contributed by atoms with Crippen LogP contribution in [0.3, 0.4) is 0 Å². The first-order valence-electron chi connectivity index (χ1n) is 6.06. The van der Waals surface area contributed by atoms with Crippen LogP contribution >= 0.6 is 11.6 Å². The Morgan fingerprint density at radius 3 is 2.67 bits per heavy atom. The van der Waals surface area contributed by atoms with Crippen LogP contribution < -0.4 is 10.9 Å². The molecule has 21 heavy (non-hydrogen) atoms. The number of nitrogens with one attached hydrogen (secondary N) is 2. The normalized spacial score (nSPS) is 10.5. The topological polar surface area (TPSA) is 87.7 Å². The summed E-state index contributed by atoms with van der Waals surface area (Å²) >= 11 is 5.90. The van der Waals surface area contributed by atoms with Gasteiger partial charge >= 0.3 is 0 Å². The number of rotatable bonds is 2. The fraction of sp³-hybridized carbons (Fsp3) is 0. The van der Waals surface area contributed by atoms with Gasteiger partial charge in [0.15, 0.2) is 10.8 Å². The summed E-state index contributed by atoms with van der Waals surface area (Å²) in [4.78, 5) is 27.9. The van der Waals surface area contributed by atoms with E-state index in [9.17, 15) is 9.59 Å². The molecular formula is C14H9ClN4O2. The summed E-state index contributed by atoms with van der Waals surface area (Å²) in [5.74, 6) is -0.475. The van der Waals surface area contributed by atoms with Crippen LogP contribution in [-0.2, 0) is 0 Å². The Labute approximate surface area is 123 Å². The number of aromatic nitrogens is 3. The lowest BCUT2D eigenvalue weighted by atomic mass is 10.1. The highest BCUT2D eigenvalue weighted by Crippen LogP contribution is 2.19. The molecule has 3 aromatic rings. The third kappa shape index (κ3) is 2.48. The molecule has 7 heteroatoms. The third-order valence-corrected chi connectivity index (χ3v) is 3.22. The van der Waals surface area contributed by atoms with Gasteiger partial charge in [-0.25, -0.2) is 10.1 Å². The number of hydrogen-bond donors (Lipinski definition) is 2. The number of hydrogen-bond acceptors (Lipinski definition) is 4. The molecule has 0 spiro atoms. The summed E-state index contributed by atoms with van der Waals surface area (Å²) in [7, 11) is 0. The van der Waals surface area contributed by atoms with Gasteiger partial charge in [-0.15, -0.1) is 0 Å². The molecule has 0 saturated heterocycles. The van der Waals surface area contributed by atoms with Gasteiger partial charge in [0, 0.05) is 11.6 Å². The molecule has 104 valence electrons. The number of amides is 1. The number of carbonyl (C=O) groups is 1. The minimum Gasteiger partial charge on any atom is -0.318 e. The summed E-state index contributed by atoms with van der Waals surface area (Å²) in [5.41, 5.74) is 0.146. The zero-order valence-electron chi connectivity index (χ0n) is 10.6. The number of pyridine rings is 1. The number of nitrogens with zero attached hydrogens (tertiary/aromatic N) is 2. The first-order chi connectivity index (χ1) is 10.2. The van der Waals surface area contributed by atoms with E-state index in [0.29, 0.717) is 16.5 Å². The average Bonchev–Trinajstić information content (AvgIpc) is 2.50. The largest absolute Gasteiger partial charge is 0.318 e. The van der Waals surface area contributed by atoms with Gasteiger partial charge < -0.3 is 5.32 Å². The molecule has 0 aliphatic heterocycles. The number of fused-ring (bicyclic) bond motifs is 1. The van der Waals surface area contributed by atoms with Crippen LogP contribution in [-0.4, -0.2) is 21.1 Å². The monoisotopic (exact) mass is 300 g/mol. The number of benzene rings is 1. The Kier molecular flexibility index (Phi) is 3.37. The van der Waals surface area contributed by atoms with Crippen LogP contribution in [0.5, 0.6) is 0 Å². The molecule has 0 radical (unpaired) electrons. The summed E-state index contributed by atoms with van der Waals surface area (Å²) in [6.07, 6.45) is 1.52. The second kappa shape index (κ2) is 5.34. The minimum absolute atomic E-state index is 0.116. The van der Waals surface area contributed by atoms with Crippen molar-refractivity contribution in [3.05, 3.63) is 63.8 Å². The summed E-state index contributed by atoms with van der Waals surface area (Å²) in [5, 5.41) is 9.80. The molecule has 1 amide bonds. The van der Waals surface area contributed by atoms with Gasteiger partial charge in [-0.3, -0.25) is 9.59 Å². The van der Waals surface area contributed by atoms with Gasteiger partial charge in [0.05, 0.1) is 11.1 Å². The van der Waals surface area contributed by atoms with Crippen molar-refractivity contribution in [2.24, 2.45) is 0 Å². The lowest BCUT2D eigenvalue weighted by molar-refractivity contribution is 0.102. The van der Waals surface area contributed by atoms with E-state index in [-0.39, 0.29) is 16.4 Å². The van der Waals surface area contributed by atoms with Crippen molar-refractivity contribution in [2.75, 3.05) is 5.32 Å². The summed E-state index contributed by atoms with van der Waals surface area (Å²) in [6.45, 7) is 0. The predicted octanol–water partition coefficient (Wildman–Crippen LogP) is 2.22. The molecule has 0 bridgehead atoms. The summed E-state index contributed by atoms with van der Waals surface area (Å²) in [6, 6.07) is 10.0. The molecule has 0 atom stereocenters. The molecule has 2 N–H and O–H groups in total. The van der Waals surface area contributed by atoms with E-state index in [2.05, 4.69) is 20.5 Å². The van der Waals surface area contributed by atoms with Gasteiger partial charge in [-0.05, 0) is 18.2 Å². The molecule has 2 heterocycles. The molecule has 1 aromatic carbocycles. The second-order valence-electron chi connectivity index (χ2n) is 4.24. The average molecular weight is 301 g/mol. The minimum atomic E-state index is -0.475. The van der Waals surface area contributed by atoms with Gasteiger partial charge in [-0.2, -0.15) is 5.10 Å². The Morgan fingerprint density at radius 1 is 1.14 bits per heavy atom. The van der Waals surface area contributed by atoms with Gasteiger partial charge in [0.25, 0.3) is 11.5 Å². The van der Waals surface area contributed by atoms with E-state index in [0.717, 1.165) is 0 Å². The van der Waals surface area contributed by atoms with Crippen molar-refractivity contribution in [3.63, 3.8) is 0 Å².